The highest BCUT2D eigenvalue weighted by atomic mass is 19.4. The number of nitrogens with one attached hydrogen (secondary N) is 1. The summed E-state index contributed by atoms with van der Waals surface area (Å²) in [7, 11) is 0. The van der Waals surface area contributed by atoms with Crippen LogP contribution in [0.15, 0.2) is 12.1 Å². The number of anilines is 1. The van der Waals surface area contributed by atoms with E-state index < -0.39 is 17.8 Å². The molecule has 106 valence electrons. The Morgan fingerprint density at radius 3 is 2.53 bits per heavy atom. The van der Waals surface area contributed by atoms with Gasteiger partial charge in [0.2, 0.25) is 0 Å². The lowest BCUT2D eigenvalue weighted by atomic mass is 10.1. The van der Waals surface area contributed by atoms with E-state index in [-0.39, 0.29) is 18.3 Å². The summed E-state index contributed by atoms with van der Waals surface area (Å²) in [4.78, 5) is 10.6. The van der Waals surface area contributed by atoms with Gasteiger partial charge in [0.1, 0.15) is 5.82 Å². The zero-order valence-corrected chi connectivity index (χ0v) is 10.2. The van der Waals surface area contributed by atoms with E-state index in [2.05, 4.69) is 15.5 Å². The first-order chi connectivity index (χ1) is 8.82. The molecule has 2 N–H and O–H groups in total. The van der Waals surface area contributed by atoms with E-state index >= 15 is 0 Å². The first kappa shape index (κ1) is 15.2. The van der Waals surface area contributed by atoms with Gasteiger partial charge in [-0.2, -0.15) is 13.2 Å². The average molecular weight is 277 g/mol. The van der Waals surface area contributed by atoms with Gasteiger partial charge in [0, 0.05) is 6.04 Å². The second kappa shape index (κ2) is 6.35. The van der Waals surface area contributed by atoms with Gasteiger partial charge in [-0.1, -0.05) is 13.3 Å². The largest absolute Gasteiger partial charge is 0.481 e. The number of carbonyl (C=O) groups is 1. The lowest BCUT2D eigenvalue weighted by Gasteiger charge is -2.16. The maximum atomic E-state index is 12.3. The van der Waals surface area contributed by atoms with Crippen LogP contribution in [0.5, 0.6) is 0 Å². The van der Waals surface area contributed by atoms with Crippen molar-refractivity contribution in [2.24, 2.45) is 0 Å². The average Bonchev–Trinajstić information content (AvgIpc) is 2.28. The van der Waals surface area contributed by atoms with E-state index in [0.717, 1.165) is 18.6 Å². The van der Waals surface area contributed by atoms with Gasteiger partial charge in [-0.25, -0.2) is 0 Å². The van der Waals surface area contributed by atoms with Crippen molar-refractivity contribution in [2.45, 2.75) is 38.4 Å². The summed E-state index contributed by atoms with van der Waals surface area (Å²) in [6.07, 6.45) is -3.33. The zero-order chi connectivity index (χ0) is 14.5. The number of hydrogen-bond acceptors (Lipinski definition) is 4. The summed E-state index contributed by atoms with van der Waals surface area (Å²) >= 11 is 0. The lowest BCUT2D eigenvalue weighted by Crippen LogP contribution is -2.24. The van der Waals surface area contributed by atoms with E-state index in [9.17, 15) is 18.0 Å². The van der Waals surface area contributed by atoms with Crippen molar-refractivity contribution in [1.82, 2.24) is 10.2 Å². The fourth-order valence-electron chi connectivity index (χ4n) is 1.55. The molecule has 0 aliphatic heterocycles. The molecule has 1 atom stereocenters. The number of halogens is 3. The van der Waals surface area contributed by atoms with E-state index in [1.807, 2.05) is 6.92 Å². The fraction of sp³-hybridized carbons (Fsp3) is 0.545. The van der Waals surface area contributed by atoms with Crippen molar-refractivity contribution in [2.75, 3.05) is 5.32 Å². The second-order valence-corrected chi connectivity index (χ2v) is 4.03. The van der Waals surface area contributed by atoms with Crippen LogP contribution in [0.4, 0.5) is 19.0 Å². The molecule has 1 aromatic rings. The molecule has 0 saturated heterocycles. The first-order valence-electron chi connectivity index (χ1n) is 5.72. The number of aromatic nitrogens is 2. The van der Waals surface area contributed by atoms with Crippen LogP contribution in [0.2, 0.25) is 0 Å². The van der Waals surface area contributed by atoms with Crippen molar-refractivity contribution in [3.8, 4) is 0 Å². The highest BCUT2D eigenvalue weighted by Gasteiger charge is 2.32. The Balaban J connectivity index is 2.72. The Morgan fingerprint density at radius 2 is 2.11 bits per heavy atom. The molecule has 0 bridgehead atoms. The molecule has 8 heteroatoms. The molecular formula is C11H14F3N3O2. The number of nitrogens with zero attached hydrogens (tertiary/aromatic N) is 2. The lowest BCUT2D eigenvalue weighted by molar-refractivity contribution is -0.141. The smallest absolute Gasteiger partial charge is 0.435 e. The molecule has 1 aromatic heterocycles. The maximum absolute atomic E-state index is 12.3. The summed E-state index contributed by atoms with van der Waals surface area (Å²) in [5.74, 6) is -0.849. The van der Waals surface area contributed by atoms with Crippen LogP contribution in [0.3, 0.4) is 0 Å². The molecular weight excluding hydrogens is 263 g/mol. The number of alkyl halides is 3. The third-order valence-corrected chi connectivity index (χ3v) is 2.37. The molecule has 0 saturated carbocycles. The van der Waals surface area contributed by atoms with Gasteiger partial charge in [0.05, 0.1) is 6.42 Å². The monoisotopic (exact) mass is 277 g/mol. The predicted octanol–water partition coefficient (Wildman–Crippen LogP) is 2.55. The van der Waals surface area contributed by atoms with Gasteiger partial charge in [-0.15, -0.1) is 10.2 Å². The Kier molecular flexibility index (Phi) is 5.08. The molecule has 0 spiro atoms. The molecule has 0 aliphatic carbocycles. The fourth-order valence-corrected chi connectivity index (χ4v) is 1.55. The molecule has 1 heterocycles. The molecule has 0 fully saturated rings. The minimum absolute atomic E-state index is 0.128. The highest BCUT2D eigenvalue weighted by molar-refractivity contribution is 5.68. The molecule has 0 radical (unpaired) electrons. The van der Waals surface area contributed by atoms with Crippen LogP contribution in [0.25, 0.3) is 0 Å². The number of hydrogen-bond donors (Lipinski definition) is 2. The Labute approximate surface area is 107 Å². The maximum Gasteiger partial charge on any atom is 0.435 e. The van der Waals surface area contributed by atoms with Crippen molar-refractivity contribution < 1.29 is 23.1 Å². The summed E-state index contributed by atoms with van der Waals surface area (Å²) in [5.41, 5.74) is -1.08. The van der Waals surface area contributed by atoms with Crippen molar-refractivity contribution in [1.29, 1.82) is 0 Å². The van der Waals surface area contributed by atoms with Gasteiger partial charge in [0.25, 0.3) is 0 Å². The van der Waals surface area contributed by atoms with Crippen LogP contribution >= 0.6 is 0 Å². The minimum atomic E-state index is -4.53. The molecule has 19 heavy (non-hydrogen) atoms. The topological polar surface area (TPSA) is 75.1 Å². The van der Waals surface area contributed by atoms with E-state index in [1.165, 1.54) is 0 Å². The van der Waals surface area contributed by atoms with Crippen LogP contribution in [0, 0.1) is 0 Å². The van der Waals surface area contributed by atoms with Gasteiger partial charge >= 0.3 is 12.1 Å². The van der Waals surface area contributed by atoms with Gasteiger partial charge in [-0.05, 0) is 18.6 Å². The van der Waals surface area contributed by atoms with Gasteiger partial charge in [-0.3, -0.25) is 4.79 Å². The van der Waals surface area contributed by atoms with Crippen LogP contribution in [-0.4, -0.2) is 27.3 Å². The van der Waals surface area contributed by atoms with Crippen molar-refractivity contribution in [3.63, 3.8) is 0 Å². The molecule has 0 aliphatic rings. The summed E-state index contributed by atoms with van der Waals surface area (Å²) < 4.78 is 36.8. The SMILES string of the molecule is CCCC(CC(=O)O)Nc1ccc(C(F)(F)F)nn1. The van der Waals surface area contributed by atoms with Crippen LogP contribution in [0.1, 0.15) is 31.9 Å². The van der Waals surface area contributed by atoms with Crippen molar-refractivity contribution >= 4 is 11.8 Å². The third kappa shape index (κ3) is 5.11. The minimum Gasteiger partial charge on any atom is -0.481 e. The van der Waals surface area contributed by atoms with Crippen LogP contribution in [-0.2, 0) is 11.0 Å². The standard InChI is InChI=1S/C11H14F3N3O2/c1-2-3-7(6-10(18)19)15-9-5-4-8(16-17-9)11(12,13)14/h4-5,7H,2-3,6H2,1H3,(H,15,17)(H,18,19). The van der Waals surface area contributed by atoms with E-state index in [0.29, 0.717) is 6.42 Å². The molecule has 1 rings (SSSR count). The van der Waals surface area contributed by atoms with E-state index in [4.69, 9.17) is 5.11 Å². The summed E-state index contributed by atoms with van der Waals surface area (Å²) in [5, 5.41) is 17.9. The number of carboxylic acid groups (broad SMARTS) is 1. The van der Waals surface area contributed by atoms with Gasteiger partial charge < -0.3 is 10.4 Å². The first-order valence-corrected chi connectivity index (χ1v) is 5.72. The number of aliphatic carboxylic acids is 1. The number of rotatable bonds is 6. The number of carboxylic acids is 1. The Hall–Kier alpha value is -1.86. The van der Waals surface area contributed by atoms with Crippen LogP contribution < -0.4 is 5.32 Å². The second-order valence-electron chi connectivity index (χ2n) is 4.03. The Bertz CT molecular complexity index is 420. The predicted molar refractivity (Wildman–Crippen MR) is 61.6 cm³/mol. The third-order valence-electron chi connectivity index (χ3n) is 2.37. The summed E-state index contributed by atoms with van der Waals surface area (Å²) in [6, 6.07) is 1.56. The molecule has 0 aromatic carbocycles. The molecule has 5 nitrogen and oxygen atoms in total. The zero-order valence-electron chi connectivity index (χ0n) is 10.2. The molecule has 1 unspecified atom stereocenters. The normalized spacial score (nSPS) is 13.1. The Morgan fingerprint density at radius 1 is 1.42 bits per heavy atom. The van der Waals surface area contributed by atoms with Gasteiger partial charge in [0.15, 0.2) is 5.69 Å². The quantitative estimate of drug-likeness (QED) is 0.835. The molecule has 0 amide bonds. The summed E-state index contributed by atoms with van der Waals surface area (Å²) in [6.45, 7) is 1.88. The van der Waals surface area contributed by atoms with Crippen molar-refractivity contribution in [3.05, 3.63) is 17.8 Å². The van der Waals surface area contributed by atoms with E-state index in [1.54, 1.807) is 0 Å². The highest BCUT2D eigenvalue weighted by Crippen LogP contribution is 2.27.